The van der Waals surface area contributed by atoms with Gasteiger partial charge in [0.2, 0.25) is 0 Å². The zero-order valence-corrected chi connectivity index (χ0v) is 18.4. The molecule has 0 amide bonds. The van der Waals surface area contributed by atoms with E-state index in [-0.39, 0.29) is 0 Å². The molecular weight excluding hydrogens is 432 g/mol. The fraction of sp³-hybridized carbons (Fsp3) is 0. The van der Waals surface area contributed by atoms with E-state index in [1.54, 1.807) is 22.7 Å². The van der Waals surface area contributed by atoms with E-state index in [0.717, 1.165) is 58.4 Å². The smallest absolute Gasteiger partial charge is 0.133 e. The molecule has 6 heteroatoms. The number of nitrogen functional groups attached to an aromatic ring is 2. The summed E-state index contributed by atoms with van der Waals surface area (Å²) in [5.74, 6) is 0. The molecule has 0 radical (unpaired) electrons. The number of thiazole rings is 2. The number of rotatable bonds is 3. The Morgan fingerprint density at radius 1 is 0.594 bits per heavy atom. The second-order valence-corrected chi connectivity index (χ2v) is 9.54. The molecule has 32 heavy (non-hydrogen) atoms. The summed E-state index contributed by atoms with van der Waals surface area (Å²) in [6, 6.07) is 30.4. The lowest BCUT2D eigenvalue weighted by Crippen LogP contribution is -1.83. The highest BCUT2D eigenvalue weighted by Crippen LogP contribution is 2.36. The SMILES string of the molecule is Nc1c#cc(-c2nc3ccc(-c4ccc5nc(-c6ccc(N)cc6)sc5c4)cc3s2)cc1. The van der Waals surface area contributed by atoms with Crippen molar-refractivity contribution in [2.45, 2.75) is 0 Å². The molecule has 0 fully saturated rings. The van der Waals surface area contributed by atoms with E-state index in [4.69, 9.17) is 21.4 Å². The van der Waals surface area contributed by atoms with E-state index < -0.39 is 0 Å². The van der Waals surface area contributed by atoms with Crippen molar-refractivity contribution in [3.8, 4) is 32.3 Å². The van der Waals surface area contributed by atoms with Crippen molar-refractivity contribution in [3.05, 3.63) is 84.9 Å². The van der Waals surface area contributed by atoms with Crippen LogP contribution >= 0.6 is 22.7 Å². The lowest BCUT2D eigenvalue weighted by Gasteiger charge is -2.01. The molecule has 4 nitrogen and oxygen atoms in total. The van der Waals surface area contributed by atoms with Gasteiger partial charge >= 0.3 is 0 Å². The lowest BCUT2D eigenvalue weighted by atomic mass is 10.1. The number of hydrogen-bond acceptors (Lipinski definition) is 6. The molecule has 6 aromatic rings. The molecule has 0 saturated carbocycles. The van der Waals surface area contributed by atoms with Crippen LogP contribution in [0.2, 0.25) is 0 Å². The van der Waals surface area contributed by atoms with Gasteiger partial charge in [-0.1, -0.05) is 18.2 Å². The third-order valence-electron chi connectivity index (χ3n) is 5.27. The van der Waals surface area contributed by atoms with Gasteiger partial charge in [-0.05, 0) is 77.9 Å². The monoisotopic (exact) mass is 448 g/mol. The van der Waals surface area contributed by atoms with E-state index in [1.165, 1.54) is 0 Å². The Kier molecular flexibility index (Phi) is 4.32. The Morgan fingerprint density at radius 3 is 1.81 bits per heavy atom. The first-order valence-corrected chi connectivity index (χ1v) is 11.6. The maximum absolute atomic E-state index is 5.82. The summed E-state index contributed by atoms with van der Waals surface area (Å²) >= 11 is 3.34. The van der Waals surface area contributed by atoms with E-state index in [2.05, 4.69) is 48.5 Å². The number of anilines is 2. The average Bonchev–Trinajstić information content (AvgIpc) is 3.43. The van der Waals surface area contributed by atoms with Crippen LogP contribution in [0, 0.1) is 12.1 Å². The average molecular weight is 449 g/mol. The molecule has 0 aliphatic heterocycles. The van der Waals surface area contributed by atoms with E-state index >= 15 is 0 Å². The summed E-state index contributed by atoms with van der Waals surface area (Å²) in [7, 11) is 0. The van der Waals surface area contributed by atoms with Crippen LogP contribution < -0.4 is 11.5 Å². The molecule has 0 saturated heterocycles. The molecule has 4 aromatic carbocycles. The quantitative estimate of drug-likeness (QED) is 0.296. The van der Waals surface area contributed by atoms with Gasteiger partial charge in [0.05, 0.1) is 31.7 Å². The van der Waals surface area contributed by atoms with Crippen LogP contribution in [0.5, 0.6) is 0 Å². The topological polar surface area (TPSA) is 77.8 Å². The third kappa shape index (κ3) is 3.34. The highest BCUT2D eigenvalue weighted by molar-refractivity contribution is 7.22. The third-order valence-corrected chi connectivity index (χ3v) is 7.39. The van der Waals surface area contributed by atoms with Crippen molar-refractivity contribution in [3.63, 3.8) is 0 Å². The Hall–Kier alpha value is -3.92. The van der Waals surface area contributed by atoms with Gasteiger partial charge in [0, 0.05) is 11.3 Å². The van der Waals surface area contributed by atoms with E-state index in [1.807, 2.05) is 36.4 Å². The molecule has 0 unspecified atom stereocenters. The lowest BCUT2D eigenvalue weighted by molar-refractivity contribution is 1.47. The van der Waals surface area contributed by atoms with Gasteiger partial charge in [-0.2, -0.15) is 0 Å². The zero-order valence-electron chi connectivity index (χ0n) is 16.8. The number of aromatic nitrogens is 2. The number of nitrogens with zero attached hydrogens (tertiary/aromatic N) is 2. The molecule has 2 heterocycles. The highest BCUT2D eigenvalue weighted by Gasteiger charge is 2.11. The first-order chi connectivity index (χ1) is 15.6. The summed E-state index contributed by atoms with van der Waals surface area (Å²) in [4.78, 5) is 9.54. The Balaban J connectivity index is 1.37. The molecule has 0 atom stereocenters. The maximum atomic E-state index is 5.82. The van der Waals surface area contributed by atoms with Gasteiger partial charge in [-0.25, -0.2) is 9.97 Å². The van der Waals surface area contributed by atoms with Gasteiger partial charge in [0.25, 0.3) is 0 Å². The summed E-state index contributed by atoms with van der Waals surface area (Å²) in [5.41, 5.74) is 19.2. The van der Waals surface area contributed by atoms with Crippen LogP contribution in [0.25, 0.3) is 52.7 Å². The Bertz CT molecular complexity index is 1460. The Labute approximate surface area is 192 Å². The molecule has 152 valence electrons. The fourth-order valence-corrected chi connectivity index (χ4v) is 5.59. The number of nitrogens with two attached hydrogens (primary N) is 2. The van der Waals surface area contributed by atoms with Crippen LogP contribution in [0.3, 0.4) is 0 Å². The molecule has 0 aliphatic rings. The molecular formula is C26H16N4S2. The Morgan fingerprint density at radius 2 is 1.19 bits per heavy atom. The van der Waals surface area contributed by atoms with Gasteiger partial charge in [0.15, 0.2) is 0 Å². The first-order valence-electron chi connectivity index (χ1n) is 10.00. The van der Waals surface area contributed by atoms with Crippen LogP contribution in [-0.2, 0) is 0 Å². The zero-order chi connectivity index (χ0) is 21.7. The minimum atomic E-state index is 0.579. The van der Waals surface area contributed by atoms with Gasteiger partial charge in [0.1, 0.15) is 10.0 Å². The van der Waals surface area contributed by atoms with Crippen molar-refractivity contribution < 1.29 is 0 Å². The van der Waals surface area contributed by atoms with Gasteiger partial charge < -0.3 is 11.5 Å². The summed E-state index contributed by atoms with van der Waals surface area (Å²) in [5, 5.41) is 1.91. The predicted molar refractivity (Wildman–Crippen MR) is 136 cm³/mol. The predicted octanol–water partition coefficient (Wildman–Crippen LogP) is 6.67. The summed E-state index contributed by atoms with van der Waals surface area (Å²) < 4.78 is 2.29. The van der Waals surface area contributed by atoms with Crippen LogP contribution in [0.15, 0.2) is 72.8 Å². The molecule has 4 N–H and O–H groups in total. The minimum Gasteiger partial charge on any atom is -0.399 e. The normalized spacial score (nSPS) is 11.1. The molecule has 0 aliphatic carbocycles. The molecule has 0 bridgehead atoms. The van der Waals surface area contributed by atoms with Crippen molar-refractivity contribution in [2.24, 2.45) is 0 Å². The summed E-state index contributed by atoms with van der Waals surface area (Å²) in [6.45, 7) is 0. The van der Waals surface area contributed by atoms with Crippen molar-refractivity contribution in [1.82, 2.24) is 9.97 Å². The minimum absolute atomic E-state index is 0.579. The molecule has 6 rings (SSSR count). The second-order valence-electron chi connectivity index (χ2n) is 7.48. The first kappa shape index (κ1) is 18.8. The highest BCUT2D eigenvalue weighted by atomic mass is 32.1. The van der Waals surface area contributed by atoms with Crippen molar-refractivity contribution in [1.29, 1.82) is 0 Å². The van der Waals surface area contributed by atoms with Gasteiger partial charge in [-0.3, -0.25) is 0 Å². The van der Waals surface area contributed by atoms with Crippen LogP contribution in [0.4, 0.5) is 11.4 Å². The largest absolute Gasteiger partial charge is 0.399 e. The van der Waals surface area contributed by atoms with E-state index in [0.29, 0.717) is 5.69 Å². The van der Waals surface area contributed by atoms with Crippen molar-refractivity contribution in [2.75, 3.05) is 11.5 Å². The number of hydrogen-bond donors (Lipinski definition) is 2. The standard InChI is InChI=1S/C26H16N4S2/c27-19-7-1-15(2-8-19)25-29-21-11-5-17(13-23(21)31-25)18-6-12-22-24(14-18)32-26(30-22)16-3-9-20(28)10-4-16/h1-3,5-9,11-14H,27-28H2. The number of benzene rings is 3. The summed E-state index contributed by atoms with van der Waals surface area (Å²) in [6.07, 6.45) is 0. The molecule has 2 aromatic heterocycles. The fourth-order valence-electron chi connectivity index (χ4n) is 3.59. The van der Waals surface area contributed by atoms with Gasteiger partial charge in [-0.15, -0.1) is 22.7 Å². The number of fused-ring (bicyclic) bond motifs is 2. The molecule has 0 spiro atoms. The van der Waals surface area contributed by atoms with Crippen LogP contribution in [0.1, 0.15) is 0 Å². The maximum Gasteiger partial charge on any atom is 0.133 e. The van der Waals surface area contributed by atoms with Crippen LogP contribution in [-0.4, -0.2) is 9.97 Å². The second kappa shape index (κ2) is 7.34. The van der Waals surface area contributed by atoms with E-state index in [9.17, 15) is 0 Å². The van der Waals surface area contributed by atoms with Crippen molar-refractivity contribution >= 4 is 54.5 Å².